The zero-order chi connectivity index (χ0) is 18.4. The highest BCUT2D eigenvalue weighted by atomic mass is 16.5. The number of H-pyrrole nitrogens is 1. The summed E-state index contributed by atoms with van der Waals surface area (Å²) >= 11 is 0. The second-order valence-electron chi connectivity index (χ2n) is 7.28. The minimum Gasteiger partial charge on any atom is -0.491 e. The number of benzene rings is 1. The Kier molecular flexibility index (Phi) is 3.67. The number of aliphatic imine (C=N–C) groups is 1. The summed E-state index contributed by atoms with van der Waals surface area (Å²) in [6.07, 6.45) is 13.4. The molecule has 0 radical (unpaired) electrons. The molecule has 0 spiro atoms. The van der Waals surface area contributed by atoms with Crippen molar-refractivity contribution < 1.29 is 4.74 Å². The van der Waals surface area contributed by atoms with E-state index in [1.54, 1.807) is 6.34 Å². The molecule has 0 amide bonds. The highest BCUT2D eigenvalue weighted by Gasteiger charge is 2.31. The Balaban J connectivity index is 1.52. The standard InChI is InChI=1S/C22H22N4O/c1-14(2)27-18-7-4-15(5-8-18)19-9-10-20-21-16(11-24-22(19)21)3-6-17-12-23-13-25-26(17)20/h3-8,10-14,19,24H,9H2,1-2H3,(H,23,25). The number of nitrogens with zero attached hydrogens (tertiary/aromatic N) is 2. The molecule has 5 nitrogen and oxygen atoms in total. The van der Waals surface area contributed by atoms with E-state index in [1.165, 1.54) is 28.1 Å². The first-order valence-corrected chi connectivity index (χ1v) is 9.35. The zero-order valence-corrected chi connectivity index (χ0v) is 15.4. The number of ether oxygens (including phenoxy) is 1. The van der Waals surface area contributed by atoms with E-state index in [-0.39, 0.29) is 6.10 Å². The van der Waals surface area contributed by atoms with Gasteiger partial charge >= 0.3 is 0 Å². The van der Waals surface area contributed by atoms with Crippen molar-refractivity contribution in [3.63, 3.8) is 0 Å². The molecule has 0 saturated carbocycles. The number of fused-ring (bicyclic) bond motifs is 2. The minimum atomic E-state index is 0.185. The molecule has 0 bridgehead atoms. The molecule has 2 aliphatic heterocycles. The van der Waals surface area contributed by atoms with Crippen LogP contribution in [-0.2, 0) is 0 Å². The van der Waals surface area contributed by atoms with Crippen molar-refractivity contribution in [1.29, 1.82) is 0 Å². The van der Waals surface area contributed by atoms with Gasteiger partial charge in [-0.05, 0) is 44.0 Å². The van der Waals surface area contributed by atoms with Gasteiger partial charge in [0.2, 0.25) is 0 Å². The number of allylic oxidation sites excluding steroid dienone is 2. The molecule has 3 heterocycles. The van der Waals surface area contributed by atoms with E-state index in [0.717, 1.165) is 17.9 Å². The predicted molar refractivity (Wildman–Crippen MR) is 108 cm³/mol. The molecular weight excluding hydrogens is 336 g/mol. The number of nitrogens with one attached hydrogen (secondary N) is 2. The van der Waals surface area contributed by atoms with Crippen molar-refractivity contribution in [3.8, 4) is 5.75 Å². The van der Waals surface area contributed by atoms with Crippen molar-refractivity contribution in [1.82, 2.24) is 15.4 Å². The Hall–Kier alpha value is -3.21. The van der Waals surface area contributed by atoms with Crippen LogP contribution in [0.25, 0.3) is 11.8 Å². The Morgan fingerprint density at radius 1 is 1.19 bits per heavy atom. The molecule has 0 fully saturated rings. The van der Waals surface area contributed by atoms with Crippen LogP contribution in [0, 0.1) is 0 Å². The lowest BCUT2D eigenvalue weighted by atomic mass is 9.84. The van der Waals surface area contributed by atoms with Crippen LogP contribution in [0.2, 0.25) is 0 Å². The molecule has 2 N–H and O–H groups in total. The van der Waals surface area contributed by atoms with Gasteiger partial charge in [-0.25, -0.2) is 4.99 Å². The smallest absolute Gasteiger partial charge is 0.119 e. The summed E-state index contributed by atoms with van der Waals surface area (Å²) in [6.45, 7) is 4.09. The van der Waals surface area contributed by atoms with E-state index in [9.17, 15) is 0 Å². The maximum Gasteiger partial charge on any atom is 0.119 e. The molecule has 5 rings (SSSR count). The van der Waals surface area contributed by atoms with E-state index in [2.05, 4.69) is 69.1 Å². The first-order chi connectivity index (χ1) is 13.2. The third-order valence-corrected chi connectivity index (χ3v) is 5.15. The first-order valence-electron chi connectivity index (χ1n) is 9.35. The van der Waals surface area contributed by atoms with E-state index < -0.39 is 0 Å². The summed E-state index contributed by atoms with van der Waals surface area (Å²) in [5, 5.41) is 2.10. The predicted octanol–water partition coefficient (Wildman–Crippen LogP) is 4.40. The molecule has 1 unspecified atom stereocenters. The van der Waals surface area contributed by atoms with Crippen molar-refractivity contribution >= 4 is 18.1 Å². The maximum atomic E-state index is 5.79. The Morgan fingerprint density at radius 3 is 2.85 bits per heavy atom. The van der Waals surface area contributed by atoms with Crippen LogP contribution >= 0.6 is 0 Å². The van der Waals surface area contributed by atoms with Gasteiger partial charge < -0.3 is 9.72 Å². The van der Waals surface area contributed by atoms with Crippen LogP contribution in [0.1, 0.15) is 48.6 Å². The van der Waals surface area contributed by atoms with Gasteiger partial charge in [-0.15, -0.1) is 0 Å². The number of hydrazine groups is 1. The fourth-order valence-electron chi connectivity index (χ4n) is 3.99. The second kappa shape index (κ2) is 6.20. The highest BCUT2D eigenvalue weighted by Crippen LogP contribution is 2.43. The summed E-state index contributed by atoms with van der Waals surface area (Å²) in [5.74, 6) is 1.23. The number of hydrogen-bond acceptors (Lipinski definition) is 4. The van der Waals surface area contributed by atoms with Gasteiger partial charge in [0.15, 0.2) is 0 Å². The van der Waals surface area contributed by atoms with Gasteiger partial charge in [0.25, 0.3) is 0 Å². The summed E-state index contributed by atoms with van der Waals surface area (Å²) < 4.78 is 5.79. The number of aromatic amines is 1. The second-order valence-corrected chi connectivity index (χ2v) is 7.28. The van der Waals surface area contributed by atoms with Gasteiger partial charge in [0.05, 0.1) is 23.7 Å². The molecule has 1 aromatic heterocycles. The van der Waals surface area contributed by atoms with Crippen LogP contribution in [-0.4, -0.2) is 22.4 Å². The third kappa shape index (κ3) is 2.67. The van der Waals surface area contributed by atoms with Gasteiger partial charge in [-0.2, -0.15) is 0 Å². The lowest BCUT2D eigenvalue weighted by Gasteiger charge is -2.32. The van der Waals surface area contributed by atoms with Crippen molar-refractivity contribution in [2.24, 2.45) is 4.99 Å². The molecule has 1 atom stereocenters. The quantitative estimate of drug-likeness (QED) is 0.855. The van der Waals surface area contributed by atoms with Gasteiger partial charge in [-0.3, -0.25) is 10.4 Å². The summed E-state index contributed by atoms with van der Waals surface area (Å²) in [5.41, 5.74) is 10.5. The summed E-state index contributed by atoms with van der Waals surface area (Å²) in [4.78, 5) is 7.75. The maximum absolute atomic E-state index is 5.79. The molecule has 27 heavy (non-hydrogen) atoms. The molecule has 5 heteroatoms. The normalized spacial score (nSPS) is 19.7. The Bertz CT molecular complexity index is 992. The topological polar surface area (TPSA) is 52.6 Å². The van der Waals surface area contributed by atoms with Gasteiger partial charge in [-0.1, -0.05) is 24.3 Å². The number of aromatic nitrogens is 1. The van der Waals surface area contributed by atoms with Crippen molar-refractivity contribution in [3.05, 3.63) is 76.9 Å². The van der Waals surface area contributed by atoms with Crippen molar-refractivity contribution in [2.75, 3.05) is 0 Å². The van der Waals surface area contributed by atoms with E-state index in [4.69, 9.17) is 4.74 Å². The fourth-order valence-corrected chi connectivity index (χ4v) is 3.99. The van der Waals surface area contributed by atoms with E-state index >= 15 is 0 Å². The average molecular weight is 358 g/mol. The van der Waals surface area contributed by atoms with Crippen LogP contribution in [0.5, 0.6) is 5.75 Å². The van der Waals surface area contributed by atoms with Crippen molar-refractivity contribution in [2.45, 2.75) is 32.3 Å². The molecular formula is C22H22N4O. The Labute approximate surface area is 158 Å². The SMILES string of the molecule is CC(C)Oc1ccc(C2CC=C3c4c(c[nH]c42)C=CC2=CN=CNN23)cc1. The molecule has 3 aliphatic rings. The third-order valence-electron chi connectivity index (χ3n) is 5.15. The largest absolute Gasteiger partial charge is 0.491 e. The lowest BCUT2D eigenvalue weighted by molar-refractivity contribution is 0.242. The van der Waals surface area contributed by atoms with Crippen LogP contribution < -0.4 is 10.2 Å². The lowest BCUT2D eigenvalue weighted by Crippen LogP contribution is -2.36. The molecule has 1 aliphatic carbocycles. The Morgan fingerprint density at radius 2 is 2.04 bits per heavy atom. The number of hydrogen-bond donors (Lipinski definition) is 2. The monoisotopic (exact) mass is 358 g/mol. The molecule has 1 aromatic carbocycles. The summed E-state index contributed by atoms with van der Waals surface area (Å²) in [7, 11) is 0. The van der Waals surface area contributed by atoms with Gasteiger partial charge in [0.1, 0.15) is 12.1 Å². The molecule has 136 valence electrons. The first kappa shape index (κ1) is 16.0. The van der Waals surface area contributed by atoms with Crippen LogP contribution in [0.15, 0.2) is 59.5 Å². The van der Waals surface area contributed by atoms with E-state index in [0.29, 0.717) is 5.92 Å². The van der Waals surface area contributed by atoms with E-state index in [1.807, 2.05) is 20.0 Å². The summed E-state index contributed by atoms with van der Waals surface area (Å²) in [6, 6.07) is 8.50. The van der Waals surface area contributed by atoms with Gasteiger partial charge in [0, 0.05) is 28.9 Å². The van der Waals surface area contributed by atoms with Crippen LogP contribution in [0.3, 0.4) is 0 Å². The average Bonchev–Trinajstić information content (AvgIpc) is 3.03. The van der Waals surface area contributed by atoms with Crippen LogP contribution in [0.4, 0.5) is 0 Å². The molecule has 2 aromatic rings. The minimum absolute atomic E-state index is 0.185. The number of rotatable bonds is 3. The fraction of sp³-hybridized carbons (Fsp3) is 0.227. The molecule has 0 saturated heterocycles. The highest BCUT2D eigenvalue weighted by molar-refractivity contribution is 5.82. The zero-order valence-electron chi connectivity index (χ0n) is 15.4.